The highest BCUT2D eigenvalue weighted by Crippen LogP contribution is 2.28. The standard InChI is InChI=1S/C14H27NO/c1-4-5-6-7-10-14(2,3)13(16)12-9-8-11-15-12/h12,15H,4-11H2,1-3H3. The van der Waals surface area contributed by atoms with Crippen LogP contribution in [0.4, 0.5) is 0 Å². The molecule has 1 heterocycles. The van der Waals surface area contributed by atoms with Gasteiger partial charge in [-0.15, -0.1) is 0 Å². The Bertz CT molecular complexity index is 217. The number of rotatable bonds is 7. The molecule has 2 heteroatoms. The van der Waals surface area contributed by atoms with Crippen LogP contribution < -0.4 is 5.32 Å². The average Bonchev–Trinajstić information content (AvgIpc) is 2.76. The molecule has 0 saturated carbocycles. The van der Waals surface area contributed by atoms with Crippen molar-refractivity contribution in [2.75, 3.05) is 6.54 Å². The Hall–Kier alpha value is -0.370. The Morgan fingerprint density at radius 1 is 1.31 bits per heavy atom. The summed E-state index contributed by atoms with van der Waals surface area (Å²) in [7, 11) is 0. The predicted molar refractivity (Wildman–Crippen MR) is 68.6 cm³/mol. The Morgan fingerprint density at radius 3 is 2.62 bits per heavy atom. The van der Waals surface area contributed by atoms with Gasteiger partial charge in [-0.05, 0) is 25.8 Å². The zero-order chi connectivity index (χ0) is 12.0. The van der Waals surface area contributed by atoms with E-state index in [1.165, 1.54) is 25.7 Å². The molecule has 16 heavy (non-hydrogen) atoms. The topological polar surface area (TPSA) is 29.1 Å². The largest absolute Gasteiger partial charge is 0.307 e. The van der Waals surface area contributed by atoms with Crippen molar-refractivity contribution >= 4 is 5.78 Å². The maximum absolute atomic E-state index is 12.3. The first-order valence-electron chi connectivity index (χ1n) is 6.85. The van der Waals surface area contributed by atoms with Gasteiger partial charge in [0.2, 0.25) is 0 Å². The molecular weight excluding hydrogens is 198 g/mol. The van der Waals surface area contributed by atoms with E-state index in [0.29, 0.717) is 5.78 Å². The highest BCUT2D eigenvalue weighted by Gasteiger charge is 2.34. The van der Waals surface area contributed by atoms with Gasteiger partial charge in [-0.1, -0.05) is 46.5 Å². The molecule has 0 bridgehead atoms. The van der Waals surface area contributed by atoms with E-state index in [1.807, 2.05) is 0 Å². The number of ketones is 1. The smallest absolute Gasteiger partial charge is 0.155 e. The van der Waals surface area contributed by atoms with Crippen LogP contribution in [0.5, 0.6) is 0 Å². The van der Waals surface area contributed by atoms with Crippen LogP contribution in [0.1, 0.15) is 65.7 Å². The van der Waals surface area contributed by atoms with Gasteiger partial charge in [0.1, 0.15) is 0 Å². The summed E-state index contributed by atoms with van der Waals surface area (Å²) in [6, 6.07) is 0.140. The molecular formula is C14H27NO. The maximum atomic E-state index is 12.3. The van der Waals surface area contributed by atoms with E-state index in [1.54, 1.807) is 0 Å². The summed E-state index contributed by atoms with van der Waals surface area (Å²) in [6.07, 6.45) is 8.26. The molecule has 1 N–H and O–H groups in total. The zero-order valence-corrected chi connectivity index (χ0v) is 11.1. The second-order valence-electron chi connectivity index (χ2n) is 5.71. The molecule has 1 saturated heterocycles. The number of hydrogen-bond donors (Lipinski definition) is 1. The molecule has 0 aromatic heterocycles. The molecule has 1 atom stereocenters. The second kappa shape index (κ2) is 6.39. The monoisotopic (exact) mass is 225 g/mol. The van der Waals surface area contributed by atoms with E-state index in [9.17, 15) is 4.79 Å². The highest BCUT2D eigenvalue weighted by molar-refractivity contribution is 5.89. The number of nitrogens with one attached hydrogen (secondary N) is 1. The summed E-state index contributed by atoms with van der Waals surface area (Å²) in [6.45, 7) is 7.46. The normalized spacial score (nSPS) is 21.3. The quantitative estimate of drug-likeness (QED) is 0.674. The summed E-state index contributed by atoms with van der Waals surface area (Å²) < 4.78 is 0. The number of Topliss-reactive ketones (excluding diaryl/α,β-unsaturated/α-hetero) is 1. The van der Waals surface area contributed by atoms with Gasteiger partial charge in [0.15, 0.2) is 5.78 Å². The van der Waals surface area contributed by atoms with E-state index in [4.69, 9.17) is 0 Å². The van der Waals surface area contributed by atoms with E-state index in [2.05, 4.69) is 26.1 Å². The van der Waals surface area contributed by atoms with Crippen LogP contribution in [0.3, 0.4) is 0 Å². The lowest BCUT2D eigenvalue weighted by Crippen LogP contribution is -2.40. The number of carbonyl (C=O) groups is 1. The third kappa shape index (κ3) is 3.89. The Balaban J connectivity index is 2.33. The van der Waals surface area contributed by atoms with E-state index in [-0.39, 0.29) is 11.5 Å². The Morgan fingerprint density at radius 2 is 2.06 bits per heavy atom. The van der Waals surface area contributed by atoms with Crippen LogP contribution in [-0.4, -0.2) is 18.4 Å². The van der Waals surface area contributed by atoms with Gasteiger partial charge in [-0.3, -0.25) is 4.79 Å². The number of carbonyl (C=O) groups excluding carboxylic acids is 1. The van der Waals surface area contributed by atoms with Crippen LogP contribution in [0.15, 0.2) is 0 Å². The lowest BCUT2D eigenvalue weighted by molar-refractivity contribution is -0.129. The van der Waals surface area contributed by atoms with Gasteiger partial charge in [0, 0.05) is 5.41 Å². The molecule has 0 aromatic carbocycles. The fraction of sp³-hybridized carbons (Fsp3) is 0.929. The lowest BCUT2D eigenvalue weighted by atomic mass is 9.79. The molecule has 0 aliphatic carbocycles. The summed E-state index contributed by atoms with van der Waals surface area (Å²) in [5.74, 6) is 0.432. The summed E-state index contributed by atoms with van der Waals surface area (Å²) >= 11 is 0. The number of unbranched alkanes of at least 4 members (excludes halogenated alkanes) is 3. The van der Waals surface area contributed by atoms with Gasteiger partial charge in [0.05, 0.1) is 6.04 Å². The molecule has 1 aliphatic heterocycles. The SMILES string of the molecule is CCCCCCC(C)(C)C(=O)C1CCCN1. The van der Waals surface area contributed by atoms with E-state index >= 15 is 0 Å². The third-order valence-corrected chi connectivity index (χ3v) is 3.70. The van der Waals surface area contributed by atoms with Crippen molar-refractivity contribution < 1.29 is 4.79 Å². The van der Waals surface area contributed by atoms with Crippen LogP contribution in [0.25, 0.3) is 0 Å². The van der Waals surface area contributed by atoms with Crippen LogP contribution >= 0.6 is 0 Å². The summed E-state index contributed by atoms with van der Waals surface area (Å²) in [5.41, 5.74) is -0.129. The highest BCUT2D eigenvalue weighted by atomic mass is 16.1. The predicted octanol–water partition coefficient (Wildman–Crippen LogP) is 3.30. The van der Waals surface area contributed by atoms with Gasteiger partial charge in [-0.25, -0.2) is 0 Å². The molecule has 1 fully saturated rings. The van der Waals surface area contributed by atoms with Crippen LogP contribution in [-0.2, 0) is 4.79 Å². The van der Waals surface area contributed by atoms with Gasteiger partial charge < -0.3 is 5.32 Å². The van der Waals surface area contributed by atoms with Crippen LogP contribution in [0, 0.1) is 5.41 Å². The lowest BCUT2D eigenvalue weighted by Gasteiger charge is -2.26. The number of hydrogen-bond acceptors (Lipinski definition) is 2. The van der Waals surface area contributed by atoms with Crippen molar-refractivity contribution in [2.45, 2.75) is 71.8 Å². The fourth-order valence-corrected chi connectivity index (χ4v) is 2.50. The minimum absolute atomic E-state index is 0.129. The molecule has 1 aliphatic rings. The molecule has 0 spiro atoms. The third-order valence-electron chi connectivity index (χ3n) is 3.70. The Kier molecular flexibility index (Phi) is 5.47. The van der Waals surface area contributed by atoms with Gasteiger partial charge >= 0.3 is 0 Å². The first-order valence-corrected chi connectivity index (χ1v) is 6.85. The molecule has 0 radical (unpaired) electrons. The average molecular weight is 225 g/mol. The molecule has 1 rings (SSSR count). The maximum Gasteiger partial charge on any atom is 0.155 e. The van der Waals surface area contributed by atoms with E-state index in [0.717, 1.165) is 25.8 Å². The van der Waals surface area contributed by atoms with Crippen molar-refractivity contribution in [3.05, 3.63) is 0 Å². The fourth-order valence-electron chi connectivity index (χ4n) is 2.50. The minimum Gasteiger partial charge on any atom is -0.307 e. The van der Waals surface area contributed by atoms with Crippen molar-refractivity contribution in [1.82, 2.24) is 5.32 Å². The second-order valence-corrected chi connectivity index (χ2v) is 5.71. The minimum atomic E-state index is -0.129. The molecule has 0 aromatic rings. The Labute approximate surface area is 100 Å². The van der Waals surface area contributed by atoms with E-state index < -0.39 is 0 Å². The van der Waals surface area contributed by atoms with Crippen LogP contribution in [0.2, 0.25) is 0 Å². The molecule has 1 unspecified atom stereocenters. The first kappa shape index (κ1) is 13.7. The summed E-state index contributed by atoms with van der Waals surface area (Å²) in [5, 5.41) is 3.31. The van der Waals surface area contributed by atoms with Crippen molar-refractivity contribution in [3.63, 3.8) is 0 Å². The van der Waals surface area contributed by atoms with Gasteiger partial charge in [-0.2, -0.15) is 0 Å². The van der Waals surface area contributed by atoms with Gasteiger partial charge in [0.25, 0.3) is 0 Å². The molecule has 0 amide bonds. The molecule has 2 nitrogen and oxygen atoms in total. The summed E-state index contributed by atoms with van der Waals surface area (Å²) in [4.78, 5) is 12.3. The van der Waals surface area contributed by atoms with Crippen molar-refractivity contribution in [3.8, 4) is 0 Å². The van der Waals surface area contributed by atoms with Crippen molar-refractivity contribution in [1.29, 1.82) is 0 Å². The first-order chi connectivity index (χ1) is 7.58. The molecule has 94 valence electrons. The zero-order valence-electron chi connectivity index (χ0n) is 11.1. The van der Waals surface area contributed by atoms with Crippen molar-refractivity contribution in [2.24, 2.45) is 5.41 Å².